The molecule has 0 fully saturated rings. The van der Waals surface area contributed by atoms with Gasteiger partial charge in [-0.3, -0.25) is 9.59 Å². The van der Waals surface area contributed by atoms with Crippen molar-refractivity contribution in [1.82, 2.24) is 16.0 Å². The molecule has 1 atom stereocenters. The smallest absolute Gasteiger partial charge is 0.408 e. The molecule has 9 nitrogen and oxygen atoms in total. The largest absolute Gasteiger partial charge is 0.467 e. The van der Waals surface area contributed by atoms with Crippen molar-refractivity contribution < 1.29 is 28.7 Å². The van der Waals surface area contributed by atoms with Crippen molar-refractivity contribution in [1.29, 1.82) is 0 Å². The molecule has 3 amide bonds. The average Bonchev–Trinajstić information content (AvgIpc) is 2.86. The molecule has 0 aliphatic heterocycles. The highest BCUT2D eigenvalue weighted by atomic mass is 127. The molecule has 2 rings (SSSR count). The zero-order valence-electron chi connectivity index (χ0n) is 22.3. The number of carbonyl (C=O) groups is 4. The van der Waals surface area contributed by atoms with Gasteiger partial charge in [0.05, 0.1) is 7.11 Å². The van der Waals surface area contributed by atoms with Crippen LogP contribution in [-0.4, -0.2) is 49.2 Å². The van der Waals surface area contributed by atoms with Crippen LogP contribution >= 0.6 is 22.6 Å². The number of ether oxygens (including phenoxy) is 2. The molecule has 0 saturated heterocycles. The number of methoxy groups -OCH3 is 1. The number of aryl methyl sites for hydroxylation is 1. The van der Waals surface area contributed by atoms with Crippen LogP contribution in [0.1, 0.15) is 61.5 Å². The van der Waals surface area contributed by atoms with Crippen LogP contribution in [0.2, 0.25) is 0 Å². The fourth-order valence-corrected chi connectivity index (χ4v) is 3.80. The monoisotopic (exact) mass is 637 g/mol. The normalized spacial score (nSPS) is 11.7. The Morgan fingerprint density at radius 1 is 0.921 bits per heavy atom. The van der Waals surface area contributed by atoms with Crippen molar-refractivity contribution in [3.05, 3.63) is 68.8 Å². The van der Waals surface area contributed by atoms with Gasteiger partial charge in [0.25, 0.3) is 5.91 Å². The van der Waals surface area contributed by atoms with Crippen LogP contribution in [0.25, 0.3) is 0 Å². The number of benzene rings is 2. The van der Waals surface area contributed by atoms with E-state index in [4.69, 9.17) is 9.47 Å². The Hall–Kier alpha value is -3.15. The lowest BCUT2D eigenvalue weighted by molar-refractivity contribution is -0.143. The molecule has 38 heavy (non-hydrogen) atoms. The van der Waals surface area contributed by atoms with Crippen LogP contribution in [0.15, 0.2) is 48.5 Å². The molecule has 0 aliphatic rings. The number of amides is 3. The van der Waals surface area contributed by atoms with Crippen LogP contribution in [0.5, 0.6) is 0 Å². The zero-order valence-corrected chi connectivity index (χ0v) is 24.4. The Bertz CT molecular complexity index is 1080. The third kappa shape index (κ3) is 11.9. The summed E-state index contributed by atoms with van der Waals surface area (Å²) in [5.41, 5.74) is 1.81. The van der Waals surface area contributed by atoms with Crippen LogP contribution < -0.4 is 16.0 Å². The molecule has 0 aliphatic carbocycles. The van der Waals surface area contributed by atoms with Crippen LogP contribution in [0.3, 0.4) is 0 Å². The van der Waals surface area contributed by atoms with Gasteiger partial charge >= 0.3 is 12.1 Å². The third-order valence-electron chi connectivity index (χ3n) is 5.38. The lowest BCUT2D eigenvalue weighted by Crippen LogP contribution is -2.45. The first kappa shape index (κ1) is 31.1. The molecule has 0 aromatic heterocycles. The molecular formula is C28H36IN3O6. The van der Waals surface area contributed by atoms with Gasteiger partial charge in [0.15, 0.2) is 0 Å². The van der Waals surface area contributed by atoms with Crippen molar-refractivity contribution in [2.75, 3.05) is 13.7 Å². The quantitative estimate of drug-likeness (QED) is 0.238. The Morgan fingerprint density at radius 2 is 1.55 bits per heavy atom. The zero-order chi connectivity index (χ0) is 28.1. The first-order valence-electron chi connectivity index (χ1n) is 12.4. The summed E-state index contributed by atoms with van der Waals surface area (Å²) in [5, 5.41) is 8.11. The highest BCUT2D eigenvalue weighted by Crippen LogP contribution is 2.10. The molecule has 2 aromatic rings. The lowest BCUT2D eigenvalue weighted by Gasteiger charge is -2.22. The number of rotatable bonds is 12. The van der Waals surface area contributed by atoms with E-state index in [0.29, 0.717) is 18.5 Å². The van der Waals surface area contributed by atoms with Gasteiger partial charge in [-0.2, -0.15) is 0 Å². The first-order chi connectivity index (χ1) is 18.0. The second kappa shape index (κ2) is 15.3. The van der Waals surface area contributed by atoms with E-state index in [1.807, 2.05) is 0 Å². The molecule has 0 bridgehead atoms. The van der Waals surface area contributed by atoms with Gasteiger partial charge in [-0.25, -0.2) is 9.59 Å². The fourth-order valence-electron chi connectivity index (χ4n) is 3.44. The maximum atomic E-state index is 12.5. The van der Waals surface area contributed by atoms with Crippen molar-refractivity contribution >= 4 is 46.5 Å². The minimum atomic E-state index is -0.960. The van der Waals surface area contributed by atoms with E-state index < -0.39 is 23.7 Å². The number of hydrogen-bond acceptors (Lipinski definition) is 6. The SMILES string of the molecule is COC(=O)[C@H](CCNC(=O)c1ccc(CNC(=O)CCCc2ccc(I)cc2)cc1)NC(=O)OC(C)(C)C. The van der Waals surface area contributed by atoms with E-state index in [0.717, 1.165) is 18.4 Å². The van der Waals surface area contributed by atoms with Gasteiger partial charge in [-0.1, -0.05) is 24.3 Å². The second-order valence-electron chi connectivity index (χ2n) is 9.72. The van der Waals surface area contributed by atoms with Crippen LogP contribution in [0, 0.1) is 3.57 Å². The van der Waals surface area contributed by atoms with Gasteiger partial charge in [-0.05, 0) is 98.0 Å². The predicted octanol–water partition coefficient (Wildman–Crippen LogP) is 4.12. The Kier molecular flexibility index (Phi) is 12.5. The average molecular weight is 638 g/mol. The van der Waals surface area contributed by atoms with Crippen molar-refractivity contribution in [3.8, 4) is 0 Å². The minimum absolute atomic E-state index is 0.0162. The summed E-state index contributed by atoms with van der Waals surface area (Å²) in [5.74, 6) is -0.971. The lowest BCUT2D eigenvalue weighted by atomic mass is 10.1. The van der Waals surface area contributed by atoms with E-state index >= 15 is 0 Å². The van der Waals surface area contributed by atoms with E-state index in [1.165, 1.54) is 16.2 Å². The molecule has 0 spiro atoms. The first-order valence-corrected chi connectivity index (χ1v) is 13.5. The maximum absolute atomic E-state index is 12.5. The second-order valence-corrected chi connectivity index (χ2v) is 11.0. The van der Waals surface area contributed by atoms with Gasteiger partial charge in [0, 0.05) is 28.6 Å². The van der Waals surface area contributed by atoms with Crippen molar-refractivity contribution in [2.24, 2.45) is 0 Å². The summed E-state index contributed by atoms with van der Waals surface area (Å²) in [6, 6.07) is 14.2. The molecule has 0 heterocycles. The Morgan fingerprint density at radius 3 is 2.16 bits per heavy atom. The molecule has 0 radical (unpaired) electrons. The highest BCUT2D eigenvalue weighted by molar-refractivity contribution is 14.1. The summed E-state index contributed by atoms with van der Waals surface area (Å²) in [4.78, 5) is 48.7. The van der Waals surface area contributed by atoms with Crippen molar-refractivity contribution in [3.63, 3.8) is 0 Å². The fraction of sp³-hybridized carbons (Fsp3) is 0.429. The molecule has 206 valence electrons. The number of alkyl carbamates (subject to hydrolysis) is 1. The van der Waals surface area contributed by atoms with E-state index in [-0.39, 0.29) is 24.8 Å². The van der Waals surface area contributed by atoms with Gasteiger partial charge in [0.2, 0.25) is 5.91 Å². The summed E-state index contributed by atoms with van der Waals surface area (Å²) < 4.78 is 11.1. The van der Waals surface area contributed by atoms with E-state index in [1.54, 1.807) is 45.0 Å². The predicted molar refractivity (Wildman–Crippen MR) is 153 cm³/mol. The minimum Gasteiger partial charge on any atom is -0.467 e. The third-order valence-corrected chi connectivity index (χ3v) is 6.10. The molecular weight excluding hydrogens is 601 g/mol. The van der Waals surface area contributed by atoms with Crippen LogP contribution in [0.4, 0.5) is 4.79 Å². The number of nitrogens with one attached hydrogen (secondary N) is 3. The van der Waals surface area contributed by atoms with Gasteiger partial charge < -0.3 is 25.4 Å². The van der Waals surface area contributed by atoms with E-state index in [2.05, 4.69) is 62.8 Å². The molecule has 3 N–H and O–H groups in total. The van der Waals surface area contributed by atoms with E-state index in [9.17, 15) is 19.2 Å². The molecule has 2 aromatic carbocycles. The molecule has 0 unspecified atom stereocenters. The maximum Gasteiger partial charge on any atom is 0.408 e. The highest BCUT2D eigenvalue weighted by Gasteiger charge is 2.25. The molecule has 0 saturated carbocycles. The summed E-state index contributed by atoms with van der Waals surface area (Å²) in [6.07, 6.45) is 1.46. The Balaban J connectivity index is 1.74. The molecule has 10 heteroatoms. The number of carbonyl (C=O) groups excluding carboxylic acids is 4. The number of halogens is 1. The van der Waals surface area contributed by atoms with Gasteiger partial charge in [-0.15, -0.1) is 0 Å². The standard InChI is InChI=1S/C28H36IN3O6/c1-28(2,3)38-27(36)32-23(26(35)37-4)16-17-30-25(34)21-12-8-20(9-13-21)18-31-24(33)7-5-6-19-10-14-22(29)15-11-19/h8-15,23H,5-7,16-18H2,1-4H3,(H,30,34)(H,31,33)(H,32,36)/t23-/m0/s1. The Labute approximate surface area is 237 Å². The van der Waals surface area contributed by atoms with Crippen LogP contribution in [-0.2, 0) is 32.0 Å². The number of hydrogen-bond donors (Lipinski definition) is 3. The summed E-state index contributed by atoms with van der Waals surface area (Å²) in [6.45, 7) is 5.65. The number of esters is 1. The topological polar surface area (TPSA) is 123 Å². The van der Waals surface area contributed by atoms with Gasteiger partial charge in [0.1, 0.15) is 11.6 Å². The van der Waals surface area contributed by atoms with Crippen molar-refractivity contribution in [2.45, 2.75) is 64.6 Å². The summed E-state index contributed by atoms with van der Waals surface area (Å²) >= 11 is 2.27. The summed E-state index contributed by atoms with van der Waals surface area (Å²) in [7, 11) is 1.22.